The zero-order valence-corrected chi connectivity index (χ0v) is 12.0. The number of nitrogens with two attached hydrogens (primary N) is 1. The molecule has 2 rings (SSSR count). The van der Waals surface area contributed by atoms with Crippen LogP contribution in [0.1, 0.15) is 25.5 Å². The summed E-state index contributed by atoms with van der Waals surface area (Å²) in [6, 6.07) is 1.94. The lowest BCUT2D eigenvalue weighted by Crippen LogP contribution is -2.40. The number of hydrazine groups is 1. The van der Waals surface area contributed by atoms with Crippen molar-refractivity contribution in [2.24, 2.45) is 11.3 Å². The van der Waals surface area contributed by atoms with E-state index < -0.39 is 0 Å². The Balaban J connectivity index is 1.96. The number of hydrogen-bond acceptors (Lipinski definition) is 6. The highest BCUT2D eigenvalue weighted by Gasteiger charge is 2.28. The average molecular weight is 264 g/mol. The molecule has 6 nitrogen and oxygen atoms in total. The minimum atomic E-state index is 0.335. The maximum absolute atomic E-state index is 5.36. The molecule has 0 radical (unpaired) electrons. The minimum Gasteiger partial charge on any atom is -0.369 e. The van der Waals surface area contributed by atoms with Crippen LogP contribution in [0.3, 0.4) is 0 Å². The van der Waals surface area contributed by atoms with Crippen molar-refractivity contribution in [3.05, 3.63) is 11.8 Å². The maximum Gasteiger partial charge on any atom is 0.239 e. The number of rotatable bonds is 4. The molecule has 1 aromatic heterocycles. The van der Waals surface area contributed by atoms with Gasteiger partial charge in [-0.2, -0.15) is 4.98 Å². The van der Waals surface area contributed by atoms with E-state index in [1.165, 1.54) is 12.8 Å². The van der Waals surface area contributed by atoms with E-state index in [2.05, 4.69) is 39.6 Å². The van der Waals surface area contributed by atoms with Crippen LogP contribution in [0.4, 0.5) is 11.8 Å². The normalized spacial score (nSPS) is 19.2. The van der Waals surface area contributed by atoms with Crippen LogP contribution in [0.25, 0.3) is 0 Å². The highest BCUT2D eigenvalue weighted by Crippen LogP contribution is 2.30. The summed E-state index contributed by atoms with van der Waals surface area (Å²) in [5, 5.41) is 3.42. The summed E-state index contributed by atoms with van der Waals surface area (Å²) in [6.45, 7) is 7.53. The zero-order chi connectivity index (χ0) is 13.9. The predicted octanol–water partition coefficient (Wildman–Crippen LogP) is 1.21. The number of nitrogens with one attached hydrogen (secondary N) is 2. The number of anilines is 2. The van der Waals surface area contributed by atoms with Gasteiger partial charge in [0.15, 0.2) is 0 Å². The van der Waals surface area contributed by atoms with Gasteiger partial charge in [0.25, 0.3) is 0 Å². The van der Waals surface area contributed by atoms with E-state index in [-0.39, 0.29) is 0 Å². The molecule has 1 fully saturated rings. The van der Waals surface area contributed by atoms with E-state index in [0.29, 0.717) is 11.4 Å². The van der Waals surface area contributed by atoms with Crippen molar-refractivity contribution in [2.75, 3.05) is 37.4 Å². The first-order valence-electron chi connectivity index (χ1n) is 6.75. The van der Waals surface area contributed by atoms with Crippen LogP contribution in [0.5, 0.6) is 0 Å². The highest BCUT2D eigenvalue weighted by atomic mass is 15.3. The summed E-state index contributed by atoms with van der Waals surface area (Å²) in [7, 11) is 2.18. The number of aromatic nitrogens is 2. The number of likely N-dealkylation sites (tertiary alicyclic amines) is 1. The fraction of sp³-hybridized carbons (Fsp3) is 0.692. The van der Waals surface area contributed by atoms with Gasteiger partial charge >= 0.3 is 0 Å². The van der Waals surface area contributed by atoms with Gasteiger partial charge in [0.05, 0.1) is 0 Å². The average Bonchev–Trinajstić information content (AvgIpc) is 2.40. The molecule has 1 saturated heterocycles. The molecular formula is C13H24N6. The molecule has 0 amide bonds. The molecule has 1 aromatic rings. The number of piperidine rings is 1. The summed E-state index contributed by atoms with van der Waals surface area (Å²) < 4.78 is 0. The van der Waals surface area contributed by atoms with E-state index in [4.69, 9.17) is 5.84 Å². The molecule has 0 atom stereocenters. The molecule has 6 heteroatoms. The van der Waals surface area contributed by atoms with E-state index in [9.17, 15) is 0 Å². The Morgan fingerprint density at radius 3 is 2.68 bits per heavy atom. The summed E-state index contributed by atoms with van der Waals surface area (Å²) in [4.78, 5) is 10.9. The largest absolute Gasteiger partial charge is 0.369 e. The number of nitrogens with zero attached hydrogens (tertiary/aromatic N) is 3. The molecule has 0 saturated carbocycles. The SMILES string of the molecule is Cc1cc(NCC2(C)CCN(C)CC2)nc(NN)n1. The standard InChI is InChI=1S/C13H24N6/c1-10-8-11(17-12(16-10)18-14)15-9-13(2)4-6-19(3)7-5-13/h8H,4-7,9,14H2,1-3H3,(H2,15,16,17,18). The lowest BCUT2D eigenvalue weighted by molar-refractivity contribution is 0.150. The van der Waals surface area contributed by atoms with E-state index in [0.717, 1.165) is 31.1 Å². The highest BCUT2D eigenvalue weighted by molar-refractivity contribution is 5.41. The van der Waals surface area contributed by atoms with Crippen LogP contribution in [0.2, 0.25) is 0 Å². The molecule has 4 N–H and O–H groups in total. The molecule has 0 unspecified atom stereocenters. The summed E-state index contributed by atoms with van der Waals surface area (Å²) >= 11 is 0. The van der Waals surface area contributed by atoms with E-state index >= 15 is 0 Å². The lowest BCUT2D eigenvalue weighted by atomic mass is 9.80. The van der Waals surface area contributed by atoms with Gasteiger partial charge in [0.2, 0.25) is 5.95 Å². The second kappa shape index (κ2) is 5.71. The van der Waals surface area contributed by atoms with Gasteiger partial charge in [-0.25, -0.2) is 10.8 Å². The second-order valence-electron chi connectivity index (χ2n) is 5.83. The van der Waals surface area contributed by atoms with Gasteiger partial charge in [-0.3, -0.25) is 5.43 Å². The Labute approximate surface area is 114 Å². The van der Waals surface area contributed by atoms with Crippen molar-refractivity contribution >= 4 is 11.8 Å². The van der Waals surface area contributed by atoms with Crippen LogP contribution >= 0.6 is 0 Å². The number of aryl methyl sites for hydroxylation is 1. The number of hydrogen-bond donors (Lipinski definition) is 3. The van der Waals surface area contributed by atoms with Crippen molar-refractivity contribution in [3.8, 4) is 0 Å². The third-order valence-electron chi connectivity index (χ3n) is 3.87. The topological polar surface area (TPSA) is 79.1 Å². The second-order valence-corrected chi connectivity index (χ2v) is 5.83. The van der Waals surface area contributed by atoms with Crippen molar-refractivity contribution in [3.63, 3.8) is 0 Å². The van der Waals surface area contributed by atoms with Crippen molar-refractivity contribution < 1.29 is 0 Å². The summed E-state index contributed by atoms with van der Waals surface area (Å²) in [6.07, 6.45) is 2.42. The smallest absolute Gasteiger partial charge is 0.239 e. The monoisotopic (exact) mass is 264 g/mol. The quantitative estimate of drug-likeness (QED) is 0.560. The van der Waals surface area contributed by atoms with Crippen molar-refractivity contribution in [2.45, 2.75) is 26.7 Å². The fourth-order valence-electron chi connectivity index (χ4n) is 2.36. The third-order valence-corrected chi connectivity index (χ3v) is 3.87. The van der Waals surface area contributed by atoms with Gasteiger partial charge in [-0.15, -0.1) is 0 Å². The van der Waals surface area contributed by atoms with Crippen LogP contribution in [0, 0.1) is 12.3 Å². The van der Waals surface area contributed by atoms with Gasteiger partial charge < -0.3 is 10.2 Å². The van der Waals surface area contributed by atoms with Gasteiger partial charge in [-0.05, 0) is 45.3 Å². The van der Waals surface area contributed by atoms with Crippen molar-refractivity contribution in [1.82, 2.24) is 14.9 Å². The van der Waals surface area contributed by atoms with E-state index in [1.807, 2.05) is 13.0 Å². The molecule has 2 heterocycles. The molecule has 0 bridgehead atoms. The first-order valence-corrected chi connectivity index (χ1v) is 6.75. The summed E-state index contributed by atoms with van der Waals surface area (Å²) in [5.74, 6) is 6.65. The molecule has 0 spiro atoms. The molecule has 1 aliphatic rings. The van der Waals surface area contributed by atoms with E-state index in [1.54, 1.807) is 0 Å². The van der Waals surface area contributed by atoms with Gasteiger partial charge in [-0.1, -0.05) is 6.92 Å². The van der Waals surface area contributed by atoms with Crippen LogP contribution < -0.4 is 16.6 Å². The maximum atomic E-state index is 5.36. The Hall–Kier alpha value is -1.40. The minimum absolute atomic E-state index is 0.335. The first kappa shape index (κ1) is 14.0. The van der Waals surface area contributed by atoms with Gasteiger partial charge in [0, 0.05) is 18.3 Å². The third kappa shape index (κ3) is 3.78. The van der Waals surface area contributed by atoms with Crippen LogP contribution in [0.15, 0.2) is 6.07 Å². The first-order chi connectivity index (χ1) is 9.00. The fourth-order valence-corrected chi connectivity index (χ4v) is 2.36. The zero-order valence-electron chi connectivity index (χ0n) is 12.0. The van der Waals surface area contributed by atoms with Crippen LogP contribution in [-0.2, 0) is 0 Å². The summed E-state index contributed by atoms with van der Waals surface area (Å²) in [5.41, 5.74) is 3.73. The molecule has 19 heavy (non-hydrogen) atoms. The Morgan fingerprint density at radius 2 is 2.05 bits per heavy atom. The van der Waals surface area contributed by atoms with Crippen LogP contribution in [-0.4, -0.2) is 41.5 Å². The Bertz CT molecular complexity index is 425. The molecule has 0 aliphatic carbocycles. The predicted molar refractivity (Wildman–Crippen MR) is 77.9 cm³/mol. The van der Waals surface area contributed by atoms with Gasteiger partial charge in [0.1, 0.15) is 5.82 Å². The Kier molecular flexibility index (Phi) is 4.21. The molecule has 106 valence electrons. The lowest BCUT2D eigenvalue weighted by Gasteiger charge is -2.38. The number of nitrogen functional groups attached to an aromatic ring is 1. The molecule has 0 aromatic carbocycles. The van der Waals surface area contributed by atoms with Crippen molar-refractivity contribution in [1.29, 1.82) is 0 Å². The molecule has 1 aliphatic heterocycles. The molecular weight excluding hydrogens is 240 g/mol. The Morgan fingerprint density at radius 1 is 1.37 bits per heavy atom.